The van der Waals surface area contributed by atoms with Crippen LogP contribution in [0.3, 0.4) is 0 Å². The lowest BCUT2D eigenvalue weighted by molar-refractivity contribution is 0.0698. The standard InChI is InChI=1S/C15H20N2O4/c1-10(2)9-21-8-7-16-15(20)17-13-11(3)5-4-6-12(13)14(18)19/h4-6H,1,7-9H2,2-3H3,(H,18,19)(H2,16,17,20). The predicted molar refractivity (Wildman–Crippen MR) is 80.8 cm³/mol. The zero-order valence-corrected chi connectivity index (χ0v) is 12.2. The Morgan fingerprint density at radius 3 is 2.71 bits per heavy atom. The molecule has 3 N–H and O–H groups in total. The molecule has 0 aliphatic rings. The van der Waals surface area contributed by atoms with Crippen LogP contribution in [0.2, 0.25) is 0 Å². The summed E-state index contributed by atoms with van der Waals surface area (Å²) in [6.45, 7) is 8.42. The first-order chi connectivity index (χ1) is 9.91. The van der Waals surface area contributed by atoms with E-state index >= 15 is 0 Å². The average Bonchev–Trinajstić information content (AvgIpc) is 2.40. The van der Waals surface area contributed by atoms with Crippen LogP contribution in [0.5, 0.6) is 0 Å². The van der Waals surface area contributed by atoms with Crippen molar-refractivity contribution in [3.8, 4) is 0 Å². The van der Waals surface area contributed by atoms with Crippen LogP contribution in [0.1, 0.15) is 22.8 Å². The van der Waals surface area contributed by atoms with E-state index in [2.05, 4.69) is 17.2 Å². The monoisotopic (exact) mass is 292 g/mol. The summed E-state index contributed by atoms with van der Waals surface area (Å²) < 4.78 is 5.25. The van der Waals surface area contributed by atoms with Gasteiger partial charge in [-0.15, -0.1) is 0 Å². The van der Waals surface area contributed by atoms with Gasteiger partial charge in [0.1, 0.15) is 0 Å². The minimum atomic E-state index is -1.08. The highest BCUT2D eigenvalue weighted by Gasteiger charge is 2.13. The van der Waals surface area contributed by atoms with Crippen molar-refractivity contribution in [2.75, 3.05) is 25.1 Å². The number of para-hydroxylation sites is 1. The van der Waals surface area contributed by atoms with Gasteiger partial charge in [-0.2, -0.15) is 0 Å². The molecule has 6 heteroatoms. The third kappa shape index (κ3) is 5.66. The van der Waals surface area contributed by atoms with Crippen molar-refractivity contribution in [2.24, 2.45) is 0 Å². The van der Waals surface area contributed by atoms with E-state index in [-0.39, 0.29) is 5.56 Å². The molecule has 0 radical (unpaired) electrons. The Hall–Kier alpha value is -2.34. The van der Waals surface area contributed by atoms with E-state index in [1.165, 1.54) is 6.07 Å². The predicted octanol–water partition coefficient (Wildman–Crippen LogP) is 2.41. The van der Waals surface area contributed by atoms with Gasteiger partial charge in [-0.3, -0.25) is 0 Å². The van der Waals surface area contributed by atoms with E-state index in [4.69, 9.17) is 9.84 Å². The molecule has 114 valence electrons. The normalized spacial score (nSPS) is 10.0. The fourth-order valence-corrected chi connectivity index (χ4v) is 1.65. The van der Waals surface area contributed by atoms with E-state index in [1.54, 1.807) is 19.1 Å². The third-order valence-corrected chi connectivity index (χ3v) is 2.62. The molecular weight excluding hydrogens is 272 g/mol. The number of rotatable bonds is 7. The number of nitrogens with one attached hydrogen (secondary N) is 2. The summed E-state index contributed by atoms with van der Waals surface area (Å²) in [5.41, 5.74) is 1.95. The Balaban J connectivity index is 2.52. The first-order valence-corrected chi connectivity index (χ1v) is 6.51. The molecule has 2 amide bonds. The third-order valence-electron chi connectivity index (χ3n) is 2.62. The summed E-state index contributed by atoms with van der Waals surface area (Å²) in [5, 5.41) is 14.3. The number of aromatic carboxylic acids is 1. The van der Waals surface area contributed by atoms with Gasteiger partial charge in [-0.05, 0) is 25.5 Å². The van der Waals surface area contributed by atoms with Crippen molar-refractivity contribution in [2.45, 2.75) is 13.8 Å². The van der Waals surface area contributed by atoms with Crippen LogP contribution < -0.4 is 10.6 Å². The number of hydrogen-bond acceptors (Lipinski definition) is 3. The SMILES string of the molecule is C=C(C)COCCNC(=O)Nc1c(C)cccc1C(=O)O. The van der Waals surface area contributed by atoms with E-state index < -0.39 is 12.0 Å². The summed E-state index contributed by atoms with van der Waals surface area (Å²) in [6, 6.07) is 4.34. The minimum Gasteiger partial charge on any atom is -0.478 e. The largest absolute Gasteiger partial charge is 0.478 e. The van der Waals surface area contributed by atoms with E-state index in [1.807, 2.05) is 6.92 Å². The summed E-state index contributed by atoms with van der Waals surface area (Å²) >= 11 is 0. The van der Waals surface area contributed by atoms with Gasteiger partial charge in [0, 0.05) is 6.54 Å². The molecule has 1 aromatic carbocycles. The van der Waals surface area contributed by atoms with Crippen LogP contribution >= 0.6 is 0 Å². The molecule has 0 bridgehead atoms. The summed E-state index contributed by atoms with van der Waals surface area (Å²) in [4.78, 5) is 22.9. The Morgan fingerprint density at radius 1 is 1.38 bits per heavy atom. The molecule has 0 unspecified atom stereocenters. The highest BCUT2D eigenvalue weighted by atomic mass is 16.5. The number of carbonyl (C=O) groups is 2. The molecule has 0 saturated carbocycles. The van der Waals surface area contributed by atoms with Gasteiger partial charge in [0.05, 0.1) is 24.5 Å². The van der Waals surface area contributed by atoms with Crippen molar-refractivity contribution < 1.29 is 19.4 Å². The van der Waals surface area contributed by atoms with Gasteiger partial charge in [0.25, 0.3) is 0 Å². The first-order valence-electron chi connectivity index (χ1n) is 6.51. The van der Waals surface area contributed by atoms with Gasteiger partial charge in [0.15, 0.2) is 0 Å². The Bertz CT molecular complexity index is 540. The van der Waals surface area contributed by atoms with Crippen LogP contribution in [0.15, 0.2) is 30.4 Å². The number of benzene rings is 1. The number of hydrogen-bond donors (Lipinski definition) is 3. The molecule has 0 aliphatic carbocycles. The van der Waals surface area contributed by atoms with Gasteiger partial charge in [-0.25, -0.2) is 9.59 Å². The van der Waals surface area contributed by atoms with Crippen LogP contribution in [0.4, 0.5) is 10.5 Å². The van der Waals surface area contributed by atoms with Crippen molar-refractivity contribution >= 4 is 17.7 Å². The average molecular weight is 292 g/mol. The Kier molecular flexibility index (Phi) is 6.42. The van der Waals surface area contributed by atoms with Crippen molar-refractivity contribution in [3.63, 3.8) is 0 Å². The van der Waals surface area contributed by atoms with Crippen LogP contribution in [-0.4, -0.2) is 36.9 Å². The van der Waals surface area contributed by atoms with Gasteiger partial charge in [0.2, 0.25) is 0 Å². The molecule has 0 aliphatic heterocycles. The number of aryl methyl sites for hydroxylation is 1. The van der Waals surface area contributed by atoms with Gasteiger partial charge >= 0.3 is 12.0 Å². The smallest absolute Gasteiger partial charge is 0.337 e. The number of carbonyl (C=O) groups excluding carboxylic acids is 1. The van der Waals surface area contributed by atoms with Crippen molar-refractivity contribution in [1.29, 1.82) is 0 Å². The number of carboxylic acid groups (broad SMARTS) is 1. The molecular formula is C15H20N2O4. The number of urea groups is 1. The maximum absolute atomic E-state index is 11.7. The van der Waals surface area contributed by atoms with Crippen LogP contribution in [0.25, 0.3) is 0 Å². The Morgan fingerprint density at radius 2 is 2.10 bits per heavy atom. The van der Waals surface area contributed by atoms with E-state index in [9.17, 15) is 9.59 Å². The number of anilines is 1. The number of ether oxygens (including phenoxy) is 1. The van der Waals surface area contributed by atoms with E-state index in [0.29, 0.717) is 31.0 Å². The van der Waals surface area contributed by atoms with Gasteiger partial charge in [-0.1, -0.05) is 24.3 Å². The second kappa shape index (κ2) is 8.06. The lowest BCUT2D eigenvalue weighted by Crippen LogP contribution is -2.32. The molecule has 1 rings (SSSR count). The molecule has 0 atom stereocenters. The molecule has 1 aromatic rings. The second-order valence-corrected chi connectivity index (χ2v) is 4.69. The molecule has 0 heterocycles. The highest BCUT2D eigenvalue weighted by Crippen LogP contribution is 2.20. The topological polar surface area (TPSA) is 87.7 Å². The van der Waals surface area contributed by atoms with Crippen molar-refractivity contribution in [3.05, 3.63) is 41.5 Å². The number of carboxylic acids is 1. The zero-order valence-electron chi connectivity index (χ0n) is 12.2. The van der Waals surface area contributed by atoms with Crippen LogP contribution in [-0.2, 0) is 4.74 Å². The lowest BCUT2D eigenvalue weighted by Gasteiger charge is -2.12. The fourth-order valence-electron chi connectivity index (χ4n) is 1.65. The quantitative estimate of drug-likeness (QED) is 0.532. The summed E-state index contributed by atoms with van der Waals surface area (Å²) in [5.74, 6) is -1.08. The first kappa shape index (κ1) is 16.7. The van der Waals surface area contributed by atoms with E-state index in [0.717, 1.165) is 5.57 Å². The summed E-state index contributed by atoms with van der Waals surface area (Å²) in [6.07, 6.45) is 0. The summed E-state index contributed by atoms with van der Waals surface area (Å²) in [7, 11) is 0. The molecule has 0 spiro atoms. The molecule has 0 aromatic heterocycles. The molecule has 21 heavy (non-hydrogen) atoms. The lowest BCUT2D eigenvalue weighted by atomic mass is 10.1. The highest BCUT2D eigenvalue weighted by molar-refractivity contribution is 6.00. The van der Waals surface area contributed by atoms with Crippen LogP contribution in [0, 0.1) is 6.92 Å². The van der Waals surface area contributed by atoms with Crippen molar-refractivity contribution in [1.82, 2.24) is 5.32 Å². The molecule has 6 nitrogen and oxygen atoms in total. The maximum Gasteiger partial charge on any atom is 0.337 e. The minimum absolute atomic E-state index is 0.0590. The molecule has 0 fully saturated rings. The molecule has 0 saturated heterocycles. The Labute approximate surface area is 123 Å². The zero-order chi connectivity index (χ0) is 15.8. The second-order valence-electron chi connectivity index (χ2n) is 4.69. The van der Waals surface area contributed by atoms with Gasteiger partial charge < -0.3 is 20.5 Å². The number of amides is 2. The fraction of sp³-hybridized carbons (Fsp3) is 0.333. The maximum atomic E-state index is 11.7.